The van der Waals surface area contributed by atoms with Gasteiger partial charge in [0.15, 0.2) is 0 Å². The second-order valence-corrected chi connectivity index (χ2v) is 26.1. The van der Waals surface area contributed by atoms with E-state index in [9.17, 15) is 4.39 Å². The molecule has 70 heavy (non-hydrogen) atoms. The molecule has 0 N–H and O–H groups in total. The van der Waals surface area contributed by atoms with E-state index < -0.39 is 8.07 Å². The molecule has 0 fully saturated rings. The summed E-state index contributed by atoms with van der Waals surface area (Å²) < 4.78 is 22.2. The Morgan fingerprint density at radius 1 is 0.657 bits per heavy atom. The number of benzene rings is 8. The standard InChI is InChI=1S/C49H43N2O.C14H15FNSi.Ir/c1-29(2)37-26-34(31-15-9-8-10-16-31)27-38(30(3)4)46(37)51-43-20-14-13-19-42(43)50-48(51)36-23-24-41(49(5,6)7)45-40-25-33-22-21-32-17-11-12-18-35(32)39(33)28-44(40)52-47(36)45;1-17(2,3)13-8-9-14(16-10-13)11-4-6-12(15)7-5-11;/h8-22,24-30H,1-7H3;4,6-10H,1-3H3;/q2*-1;. The van der Waals surface area contributed by atoms with Crippen LogP contribution in [0.1, 0.15) is 77.0 Å². The third-order valence-corrected chi connectivity index (χ3v) is 15.5. The zero-order valence-electron chi connectivity index (χ0n) is 41.6. The third-order valence-electron chi connectivity index (χ3n) is 13.4. The molecule has 0 aliphatic heterocycles. The summed E-state index contributed by atoms with van der Waals surface area (Å²) >= 11 is 0. The van der Waals surface area contributed by atoms with Crippen molar-refractivity contribution in [2.45, 2.75) is 85.4 Å². The van der Waals surface area contributed by atoms with E-state index in [4.69, 9.17) is 9.40 Å². The number of fused-ring (bicyclic) bond motifs is 7. The van der Waals surface area contributed by atoms with Gasteiger partial charge in [0.05, 0.1) is 30.5 Å². The Balaban J connectivity index is 0.000000286. The normalized spacial score (nSPS) is 12.1. The molecule has 0 spiro atoms. The topological polar surface area (TPSA) is 43.9 Å². The van der Waals surface area contributed by atoms with E-state index in [1.165, 1.54) is 72.4 Å². The molecule has 4 nitrogen and oxygen atoms in total. The quantitative estimate of drug-likeness (QED) is 0.0907. The second-order valence-electron chi connectivity index (χ2n) is 21.0. The Hall–Kier alpha value is -6.50. The fraction of sp³-hybridized carbons (Fsp3) is 0.206. The number of aromatic nitrogens is 3. The maximum atomic E-state index is 12.8. The second kappa shape index (κ2) is 19.0. The van der Waals surface area contributed by atoms with Gasteiger partial charge in [0.1, 0.15) is 5.58 Å². The van der Waals surface area contributed by atoms with Crippen LogP contribution in [-0.4, -0.2) is 22.6 Å². The van der Waals surface area contributed by atoms with Crippen molar-refractivity contribution in [3.05, 3.63) is 192 Å². The summed E-state index contributed by atoms with van der Waals surface area (Å²) in [6.45, 7) is 22.9. The maximum absolute atomic E-state index is 12.8. The number of furan rings is 1. The first kappa shape index (κ1) is 48.5. The van der Waals surface area contributed by atoms with Crippen molar-refractivity contribution in [3.8, 4) is 39.5 Å². The molecule has 353 valence electrons. The third kappa shape index (κ3) is 9.07. The average Bonchev–Trinajstić information content (AvgIpc) is 3.91. The number of hydrogen-bond acceptors (Lipinski definition) is 3. The molecule has 0 bridgehead atoms. The molecule has 0 amide bonds. The Morgan fingerprint density at radius 3 is 2.00 bits per heavy atom. The molecule has 7 heteroatoms. The van der Waals surface area contributed by atoms with Crippen molar-refractivity contribution >= 4 is 67.8 Å². The average molecular weight is 1110 g/mol. The molecule has 0 saturated carbocycles. The molecule has 0 unspecified atom stereocenters. The number of nitrogens with zero attached hydrogens (tertiary/aromatic N) is 3. The van der Waals surface area contributed by atoms with Crippen LogP contribution in [0.5, 0.6) is 0 Å². The number of halogens is 1. The molecule has 0 atom stereocenters. The number of imidazole rings is 1. The number of pyridine rings is 1. The van der Waals surface area contributed by atoms with Crippen LogP contribution in [0.3, 0.4) is 0 Å². The van der Waals surface area contributed by atoms with E-state index in [0.717, 1.165) is 55.6 Å². The fourth-order valence-electron chi connectivity index (χ4n) is 9.68. The summed E-state index contributed by atoms with van der Waals surface area (Å²) in [5, 5.41) is 8.44. The van der Waals surface area contributed by atoms with Gasteiger partial charge in [-0.2, -0.15) is 0 Å². The molecular weight excluding hydrogens is 1050 g/mol. The van der Waals surface area contributed by atoms with Crippen LogP contribution in [-0.2, 0) is 25.5 Å². The van der Waals surface area contributed by atoms with Gasteiger partial charge >= 0.3 is 0 Å². The Morgan fingerprint density at radius 2 is 1.34 bits per heavy atom. The molecule has 3 heterocycles. The van der Waals surface area contributed by atoms with E-state index in [1.807, 2.05) is 12.3 Å². The zero-order chi connectivity index (χ0) is 48.4. The van der Waals surface area contributed by atoms with Crippen LogP contribution in [0, 0.1) is 17.9 Å². The van der Waals surface area contributed by atoms with Crippen molar-refractivity contribution < 1.29 is 28.9 Å². The smallest absolute Gasteiger partial charge is 0.121 e. The van der Waals surface area contributed by atoms with Gasteiger partial charge in [0.2, 0.25) is 0 Å². The van der Waals surface area contributed by atoms with Crippen LogP contribution < -0.4 is 5.19 Å². The van der Waals surface area contributed by atoms with Crippen LogP contribution in [0.2, 0.25) is 19.6 Å². The van der Waals surface area contributed by atoms with E-state index >= 15 is 0 Å². The molecule has 1 radical (unpaired) electrons. The first-order chi connectivity index (χ1) is 33.0. The van der Waals surface area contributed by atoms with Crippen molar-refractivity contribution in [1.82, 2.24) is 14.5 Å². The van der Waals surface area contributed by atoms with Crippen LogP contribution in [0.25, 0.3) is 94.0 Å². The Kier molecular flexibility index (Phi) is 13.2. The molecule has 0 saturated heterocycles. The van der Waals surface area contributed by atoms with E-state index in [2.05, 4.69) is 217 Å². The molecule has 0 aliphatic rings. The first-order valence-electron chi connectivity index (χ1n) is 24.1. The molecule has 8 aromatic carbocycles. The fourth-order valence-corrected chi connectivity index (χ4v) is 10.7. The van der Waals surface area contributed by atoms with Gasteiger partial charge in [-0.1, -0.05) is 170 Å². The Labute approximate surface area is 426 Å². The molecular formula is C63H58FIrN3OSi-2. The molecule has 3 aromatic heterocycles. The van der Waals surface area contributed by atoms with Crippen molar-refractivity contribution in [1.29, 1.82) is 0 Å². The maximum Gasteiger partial charge on any atom is 0.121 e. The molecule has 11 aromatic rings. The number of rotatable bonds is 7. The van der Waals surface area contributed by atoms with Gasteiger partial charge in [0, 0.05) is 43.2 Å². The summed E-state index contributed by atoms with van der Waals surface area (Å²) in [5.41, 5.74) is 13.6. The van der Waals surface area contributed by atoms with Crippen LogP contribution in [0.15, 0.2) is 162 Å². The zero-order valence-corrected chi connectivity index (χ0v) is 45.0. The molecule has 0 aliphatic carbocycles. The van der Waals surface area contributed by atoms with Crippen molar-refractivity contribution in [2.24, 2.45) is 0 Å². The predicted octanol–water partition coefficient (Wildman–Crippen LogP) is 17.1. The van der Waals surface area contributed by atoms with Gasteiger partial charge in [-0.15, -0.1) is 47.5 Å². The van der Waals surface area contributed by atoms with Gasteiger partial charge in [-0.3, -0.25) is 9.37 Å². The minimum Gasteiger partial charge on any atom is -0.501 e. The molecule has 11 rings (SSSR count). The van der Waals surface area contributed by atoms with E-state index in [1.54, 1.807) is 6.07 Å². The summed E-state index contributed by atoms with van der Waals surface area (Å²) in [5.74, 6) is 1.11. The van der Waals surface area contributed by atoms with Gasteiger partial charge in [-0.05, 0) is 108 Å². The number of hydrogen-bond donors (Lipinski definition) is 0. The van der Waals surface area contributed by atoms with E-state index in [0.29, 0.717) is 0 Å². The van der Waals surface area contributed by atoms with Crippen LogP contribution in [0.4, 0.5) is 4.39 Å². The first-order valence-corrected chi connectivity index (χ1v) is 27.6. The SMILES string of the molecule is CC(C)c1cc(-c2ccccc2)cc(C(C)C)c1-n1c(-c2[c-]cc(C(C)(C)C)c3c2oc2cc4c(ccc5ccccc54)cc23)nc2ccccc21.C[Si](C)(C)c1ccc(-c2[c-]cc(F)cc2)nc1.[Ir]. The largest absolute Gasteiger partial charge is 0.501 e. The van der Waals surface area contributed by atoms with Gasteiger partial charge in [-0.25, -0.2) is 0 Å². The van der Waals surface area contributed by atoms with Crippen molar-refractivity contribution in [3.63, 3.8) is 0 Å². The monoisotopic (exact) mass is 1110 g/mol. The summed E-state index contributed by atoms with van der Waals surface area (Å²) in [7, 11) is -1.30. The minimum atomic E-state index is -1.30. The summed E-state index contributed by atoms with van der Waals surface area (Å²) in [4.78, 5) is 9.85. The minimum absolute atomic E-state index is 0. The summed E-state index contributed by atoms with van der Waals surface area (Å²) in [6, 6.07) is 59.0. The van der Waals surface area contributed by atoms with Gasteiger partial charge in [0.25, 0.3) is 0 Å². The van der Waals surface area contributed by atoms with E-state index in [-0.39, 0.29) is 43.2 Å². The summed E-state index contributed by atoms with van der Waals surface area (Å²) in [6.07, 6.45) is 1.93. The van der Waals surface area contributed by atoms with Gasteiger partial charge < -0.3 is 14.0 Å². The van der Waals surface area contributed by atoms with Crippen molar-refractivity contribution in [2.75, 3.05) is 0 Å². The van der Waals surface area contributed by atoms with Crippen LogP contribution >= 0.6 is 0 Å². The predicted molar refractivity (Wildman–Crippen MR) is 291 cm³/mol. The Bertz CT molecular complexity index is 3660. The number of para-hydroxylation sites is 2.